The number of fused-ring (bicyclic) bond motifs is 1. The molecule has 0 aliphatic heterocycles. The zero-order chi connectivity index (χ0) is 23.4. The summed E-state index contributed by atoms with van der Waals surface area (Å²) in [4.78, 5) is 17.6. The Bertz CT molecular complexity index is 1370. The van der Waals surface area contributed by atoms with E-state index in [9.17, 15) is 18.0 Å². The smallest absolute Gasteiger partial charge is 0.325 e. The number of pyridine rings is 1. The number of hydrogen-bond donors (Lipinski definition) is 1. The molecule has 0 atom stereocenters. The van der Waals surface area contributed by atoms with Gasteiger partial charge in [-0.3, -0.25) is 9.48 Å². The molecule has 1 N–H and O–H groups in total. The number of aryl methyl sites for hydroxylation is 2. The summed E-state index contributed by atoms with van der Waals surface area (Å²) in [6, 6.07) is 14.5. The Labute approximate surface area is 188 Å². The summed E-state index contributed by atoms with van der Waals surface area (Å²) in [7, 11) is 1.84. The van der Waals surface area contributed by atoms with Gasteiger partial charge >= 0.3 is 6.18 Å². The SMILES string of the molecule is Cc1cc(-c2ccc(NC(=O)C3(c4cccc(C(F)(F)F)c4)CC3)cc2)c2cnn(C)c2n1. The number of amides is 1. The van der Waals surface area contributed by atoms with Crippen molar-refractivity contribution in [1.82, 2.24) is 14.8 Å². The second kappa shape index (κ2) is 7.43. The van der Waals surface area contributed by atoms with Gasteiger partial charge in [0, 0.05) is 23.8 Å². The first-order chi connectivity index (χ1) is 15.7. The fourth-order valence-corrected chi connectivity index (χ4v) is 4.23. The first-order valence-corrected chi connectivity index (χ1v) is 10.6. The number of anilines is 1. The van der Waals surface area contributed by atoms with Gasteiger partial charge in [-0.25, -0.2) is 4.98 Å². The maximum atomic E-state index is 13.1. The molecule has 0 unspecified atom stereocenters. The monoisotopic (exact) mass is 450 g/mol. The van der Waals surface area contributed by atoms with Crippen molar-refractivity contribution in [3.8, 4) is 11.1 Å². The summed E-state index contributed by atoms with van der Waals surface area (Å²) in [5.74, 6) is -0.288. The van der Waals surface area contributed by atoms with Crippen LogP contribution in [-0.4, -0.2) is 20.7 Å². The molecule has 33 heavy (non-hydrogen) atoms. The number of nitrogens with zero attached hydrogens (tertiary/aromatic N) is 3. The third-order valence-corrected chi connectivity index (χ3v) is 6.21. The minimum Gasteiger partial charge on any atom is -0.325 e. The first-order valence-electron chi connectivity index (χ1n) is 10.6. The highest BCUT2D eigenvalue weighted by atomic mass is 19.4. The van der Waals surface area contributed by atoms with Crippen LogP contribution in [0.4, 0.5) is 18.9 Å². The highest BCUT2D eigenvalue weighted by Gasteiger charge is 2.51. The quantitative estimate of drug-likeness (QED) is 0.438. The fourth-order valence-electron chi connectivity index (χ4n) is 4.23. The topological polar surface area (TPSA) is 59.8 Å². The molecule has 0 bridgehead atoms. The molecule has 2 aromatic heterocycles. The van der Waals surface area contributed by atoms with E-state index in [1.807, 2.05) is 32.2 Å². The lowest BCUT2D eigenvalue weighted by Crippen LogP contribution is -2.28. The normalized spacial score (nSPS) is 14.9. The van der Waals surface area contributed by atoms with Crippen molar-refractivity contribution in [2.75, 3.05) is 5.32 Å². The molecule has 1 aliphatic rings. The van der Waals surface area contributed by atoms with Gasteiger partial charge < -0.3 is 5.32 Å². The third kappa shape index (κ3) is 3.75. The van der Waals surface area contributed by atoms with Gasteiger partial charge in [0.05, 0.1) is 17.2 Å². The van der Waals surface area contributed by atoms with E-state index in [-0.39, 0.29) is 5.91 Å². The van der Waals surface area contributed by atoms with Crippen LogP contribution in [0, 0.1) is 6.92 Å². The van der Waals surface area contributed by atoms with Crippen molar-refractivity contribution in [2.45, 2.75) is 31.4 Å². The summed E-state index contributed by atoms with van der Waals surface area (Å²) < 4.78 is 41.1. The Morgan fingerprint density at radius 1 is 1.09 bits per heavy atom. The lowest BCUT2D eigenvalue weighted by Gasteiger charge is -2.18. The molecule has 2 heterocycles. The van der Waals surface area contributed by atoms with E-state index in [1.165, 1.54) is 6.07 Å². The minimum absolute atomic E-state index is 0.288. The number of hydrogen-bond acceptors (Lipinski definition) is 3. The number of alkyl halides is 3. The van der Waals surface area contributed by atoms with Crippen LogP contribution in [0.2, 0.25) is 0 Å². The van der Waals surface area contributed by atoms with Crippen molar-refractivity contribution in [2.24, 2.45) is 7.05 Å². The number of rotatable bonds is 4. The lowest BCUT2D eigenvalue weighted by atomic mass is 9.93. The van der Waals surface area contributed by atoms with E-state index < -0.39 is 17.2 Å². The van der Waals surface area contributed by atoms with Gasteiger partial charge in [0.1, 0.15) is 0 Å². The van der Waals surface area contributed by atoms with Crippen molar-refractivity contribution in [3.05, 3.63) is 77.6 Å². The Morgan fingerprint density at radius 2 is 1.82 bits per heavy atom. The van der Waals surface area contributed by atoms with Crippen molar-refractivity contribution >= 4 is 22.6 Å². The largest absolute Gasteiger partial charge is 0.416 e. The molecule has 0 radical (unpaired) electrons. The predicted molar refractivity (Wildman–Crippen MR) is 120 cm³/mol. The summed E-state index contributed by atoms with van der Waals surface area (Å²) >= 11 is 0. The molecule has 2 aromatic carbocycles. The molecule has 5 rings (SSSR count). The molecule has 8 heteroatoms. The summed E-state index contributed by atoms with van der Waals surface area (Å²) in [5.41, 5.74) is 2.95. The number of nitrogens with one attached hydrogen (secondary N) is 1. The maximum absolute atomic E-state index is 13.1. The van der Waals surface area contributed by atoms with E-state index in [0.29, 0.717) is 24.1 Å². The fraction of sp³-hybridized carbons (Fsp3) is 0.240. The zero-order valence-corrected chi connectivity index (χ0v) is 18.1. The van der Waals surface area contributed by atoms with Gasteiger partial charge in [-0.15, -0.1) is 0 Å². The van der Waals surface area contributed by atoms with Crippen LogP contribution >= 0.6 is 0 Å². The van der Waals surface area contributed by atoms with Gasteiger partial charge in [-0.05, 0) is 60.7 Å². The van der Waals surface area contributed by atoms with Crippen LogP contribution in [0.1, 0.15) is 29.7 Å². The first kappa shape index (κ1) is 21.2. The summed E-state index contributed by atoms with van der Waals surface area (Å²) in [6.45, 7) is 1.92. The van der Waals surface area contributed by atoms with Crippen LogP contribution < -0.4 is 5.32 Å². The van der Waals surface area contributed by atoms with Crippen molar-refractivity contribution in [3.63, 3.8) is 0 Å². The third-order valence-electron chi connectivity index (χ3n) is 6.21. The molecule has 0 spiro atoms. The molecule has 1 amide bonds. The van der Waals surface area contributed by atoms with Crippen LogP contribution in [0.25, 0.3) is 22.2 Å². The molecule has 1 saturated carbocycles. The Balaban J connectivity index is 1.39. The number of aromatic nitrogens is 3. The van der Waals surface area contributed by atoms with Gasteiger partial charge in [0.15, 0.2) is 5.65 Å². The second-order valence-corrected chi connectivity index (χ2v) is 8.51. The molecular formula is C25H21F3N4O. The van der Waals surface area contributed by atoms with Crippen LogP contribution in [0.5, 0.6) is 0 Å². The van der Waals surface area contributed by atoms with Crippen LogP contribution in [-0.2, 0) is 23.4 Å². The standard InChI is InChI=1S/C25H21F3N4O/c1-15-12-20(21-14-29-32(2)22(21)30-15)16-6-8-19(9-7-16)31-23(33)24(10-11-24)17-4-3-5-18(13-17)25(26,27)28/h3-9,12-14H,10-11H2,1-2H3,(H,31,33). The van der Waals surface area contributed by atoms with Gasteiger partial charge in [0.2, 0.25) is 5.91 Å². The molecule has 4 aromatic rings. The number of carbonyl (C=O) groups excluding carboxylic acids is 1. The highest BCUT2D eigenvalue weighted by Crippen LogP contribution is 2.50. The zero-order valence-electron chi connectivity index (χ0n) is 18.1. The molecule has 1 fully saturated rings. The van der Waals surface area contributed by atoms with E-state index in [2.05, 4.69) is 15.4 Å². The van der Waals surface area contributed by atoms with Crippen LogP contribution in [0.15, 0.2) is 60.8 Å². The molecule has 0 saturated heterocycles. The second-order valence-electron chi connectivity index (χ2n) is 8.51. The predicted octanol–water partition coefficient (Wildman–Crippen LogP) is 5.63. The molecule has 168 valence electrons. The van der Waals surface area contributed by atoms with Gasteiger partial charge in [0.25, 0.3) is 0 Å². The average molecular weight is 450 g/mol. The number of benzene rings is 2. The molecule has 5 nitrogen and oxygen atoms in total. The molecular weight excluding hydrogens is 429 g/mol. The summed E-state index contributed by atoms with van der Waals surface area (Å²) in [6.07, 6.45) is -1.62. The minimum atomic E-state index is -4.44. The van der Waals surface area contributed by atoms with E-state index >= 15 is 0 Å². The Morgan fingerprint density at radius 3 is 2.48 bits per heavy atom. The van der Waals surface area contributed by atoms with Gasteiger partial charge in [-0.1, -0.05) is 30.3 Å². The van der Waals surface area contributed by atoms with E-state index in [4.69, 9.17) is 0 Å². The van der Waals surface area contributed by atoms with Crippen molar-refractivity contribution in [1.29, 1.82) is 0 Å². The lowest BCUT2D eigenvalue weighted by molar-refractivity contribution is -0.137. The Hall–Kier alpha value is -3.68. The summed E-state index contributed by atoms with van der Waals surface area (Å²) in [5, 5.41) is 8.11. The molecule has 1 aliphatic carbocycles. The Kier molecular flexibility index (Phi) is 4.77. The maximum Gasteiger partial charge on any atom is 0.416 e. The van der Waals surface area contributed by atoms with Crippen LogP contribution in [0.3, 0.4) is 0 Å². The highest BCUT2D eigenvalue weighted by molar-refractivity contribution is 6.01. The van der Waals surface area contributed by atoms with Crippen molar-refractivity contribution < 1.29 is 18.0 Å². The van der Waals surface area contributed by atoms with Gasteiger partial charge in [-0.2, -0.15) is 18.3 Å². The average Bonchev–Trinajstić information content (AvgIpc) is 3.52. The number of halogens is 3. The number of carbonyl (C=O) groups is 1. The van der Waals surface area contributed by atoms with E-state index in [1.54, 1.807) is 29.1 Å². The van der Waals surface area contributed by atoms with E-state index in [0.717, 1.165) is 40.0 Å².